The van der Waals surface area contributed by atoms with Crippen LogP contribution in [-0.2, 0) is 10.0 Å². The highest BCUT2D eigenvalue weighted by atomic mass is 32.2. The normalized spacial score (nSPS) is 21.9. The summed E-state index contributed by atoms with van der Waals surface area (Å²) >= 11 is 1.79. The fraction of sp³-hybridized carbons (Fsp3) is 0.706. The summed E-state index contributed by atoms with van der Waals surface area (Å²) in [6.45, 7) is 6.51. The van der Waals surface area contributed by atoms with Gasteiger partial charge in [-0.2, -0.15) is 0 Å². The first-order chi connectivity index (χ1) is 12.6. The summed E-state index contributed by atoms with van der Waals surface area (Å²) in [5, 5.41) is 10.3. The Morgan fingerprint density at radius 1 is 1.35 bits per heavy atom. The number of nitrogens with one attached hydrogen (secondary N) is 2. The number of aliphatic imine (C=N–C) groups is 1. The van der Waals surface area contributed by atoms with Gasteiger partial charge in [0.1, 0.15) is 0 Å². The van der Waals surface area contributed by atoms with Crippen LogP contribution in [0.5, 0.6) is 0 Å². The first-order valence-electron chi connectivity index (χ1n) is 9.39. The van der Waals surface area contributed by atoms with Gasteiger partial charge in [-0.05, 0) is 43.7 Å². The monoisotopic (exact) mass is 399 g/mol. The van der Waals surface area contributed by atoms with Gasteiger partial charge in [0.2, 0.25) is 10.0 Å². The quantitative estimate of drug-likeness (QED) is 0.557. The molecule has 1 aromatic heterocycles. The van der Waals surface area contributed by atoms with Gasteiger partial charge in [0.05, 0.1) is 17.3 Å². The first kappa shape index (κ1) is 19.4. The molecule has 7 nitrogen and oxygen atoms in total. The maximum Gasteiger partial charge on any atom is 0.214 e. The van der Waals surface area contributed by atoms with Crippen molar-refractivity contribution in [2.45, 2.75) is 32.2 Å². The fourth-order valence-electron chi connectivity index (χ4n) is 3.42. The number of hydrogen-bond donors (Lipinski definition) is 2. The summed E-state index contributed by atoms with van der Waals surface area (Å²) < 4.78 is 25.3. The average molecular weight is 400 g/mol. The third kappa shape index (κ3) is 5.11. The number of guanidine groups is 1. The number of nitrogens with zero attached hydrogens (tertiary/aromatic N) is 3. The second kappa shape index (κ2) is 9.05. The Kier molecular flexibility index (Phi) is 6.77. The van der Waals surface area contributed by atoms with Crippen LogP contribution in [0.2, 0.25) is 0 Å². The highest BCUT2D eigenvalue weighted by Gasteiger charge is 2.27. The van der Waals surface area contributed by atoms with Crippen LogP contribution in [-0.4, -0.2) is 69.7 Å². The maximum atomic E-state index is 11.9. The molecular weight excluding hydrogens is 370 g/mol. The molecule has 1 aromatic rings. The van der Waals surface area contributed by atoms with Gasteiger partial charge in [-0.3, -0.25) is 4.99 Å². The number of piperidine rings is 1. The molecule has 2 saturated heterocycles. The molecule has 0 saturated carbocycles. The van der Waals surface area contributed by atoms with E-state index >= 15 is 0 Å². The van der Waals surface area contributed by atoms with E-state index in [1.54, 1.807) is 15.6 Å². The summed E-state index contributed by atoms with van der Waals surface area (Å²) in [5.74, 6) is 1.07. The lowest BCUT2D eigenvalue weighted by molar-refractivity contribution is 0.448. The molecule has 9 heteroatoms. The smallest absolute Gasteiger partial charge is 0.214 e. The molecule has 0 spiro atoms. The molecule has 0 unspecified atom stereocenters. The topological polar surface area (TPSA) is 77.0 Å². The third-order valence-electron chi connectivity index (χ3n) is 4.82. The molecule has 2 aliphatic heterocycles. The van der Waals surface area contributed by atoms with Gasteiger partial charge in [0.15, 0.2) is 5.96 Å². The van der Waals surface area contributed by atoms with Crippen LogP contribution in [0.3, 0.4) is 0 Å². The van der Waals surface area contributed by atoms with Crippen molar-refractivity contribution in [3.63, 3.8) is 0 Å². The molecule has 2 fully saturated rings. The predicted molar refractivity (Wildman–Crippen MR) is 109 cm³/mol. The number of anilines is 1. The maximum absolute atomic E-state index is 11.9. The summed E-state index contributed by atoms with van der Waals surface area (Å²) in [5.41, 5.74) is 0. The van der Waals surface area contributed by atoms with Gasteiger partial charge < -0.3 is 15.5 Å². The third-order valence-corrected chi connectivity index (χ3v) is 7.71. The standard InChI is InChI=1S/C17H29N5O2S2/c1-2-18-17(19-8-12-22-9-4-14-26(22,23)24)20-15-6-10-21(11-7-15)16-5-3-13-25-16/h3,5,13,15H,2,4,6-12,14H2,1H3,(H2,18,19,20). The van der Waals surface area contributed by atoms with Crippen molar-refractivity contribution in [2.75, 3.05) is 49.9 Å². The van der Waals surface area contributed by atoms with Gasteiger partial charge in [-0.25, -0.2) is 12.7 Å². The van der Waals surface area contributed by atoms with Crippen LogP contribution in [0.4, 0.5) is 5.00 Å². The summed E-state index contributed by atoms with van der Waals surface area (Å²) in [4.78, 5) is 7.02. The molecule has 146 valence electrons. The molecule has 0 aromatic carbocycles. The SMILES string of the molecule is CCNC(=NCCN1CCCS1(=O)=O)NC1CCN(c2cccs2)CC1. The number of sulfonamides is 1. The summed E-state index contributed by atoms with van der Waals surface area (Å²) in [6.07, 6.45) is 2.87. The molecule has 2 N–H and O–H groups in total. The molecular formula is C17H29N5O2S2. The van der Waals surface area contributed by atoms with Crippen LogP contribution in [0, 0.1) is 0 Å². The molecule has 2 aliphatic rings. The first-order valence-corrected chi connectivity index (χ1v) is 11.9. The lowest BCUT2D eigenvalue weighted by Gasteiger charge is -2.33. The zero-order valence-corrected chi connectivity index (χ0v) is 17.0. The molecule has 0 amide bonds. The minimum atomic E-state index is -3.03. The van der Waals surface area contributed by atoms with E-state index in [2.05, 4.69) is 38.0 Å². The Hall–Kier alpha value is -1.32. The summed E-state index contributed by atoms with van der Waals surface area (Å²) in [7, 11) is -3.03. The number of hydrogen-bond acceptors (Lipinski definition) is 5. The van der Waals surface area contributed by atoms with Crippen LogP contribution < -0.4 is 15.5 Å². The van der Waals surface area contributed by atoms with Gasteiger partial charge >= 0.3 is 0 Å². The van der Waals surface area contributed by atoms with E-state index in [1.807, 2.05) is 6.92 Å². The number of thiophene rings is 1. The predicted octanol–water partition coefficient (Wildman–Crippen LogP) is 1.31. The van der Waals surface area contributed by atoms with Gasteiger partial charge in [0, 0.05) is 38.8 Å². The van der Waals surface area contributed by atoms with Gasteiger partial charge in [0.25, 0.3) is 0 Å². The highest BCUT2D eigenvalue weighted by molar-refractivity contribution is 7.89. The second-order valence-corrected chi connectivity index (χ2v) is 9.70. The Bertz CT molecular complexity index is 682. The van der Waals surface area contributed by atoms with Crippen molar-refractivity contribution < 1.29 is 8.42 Å². The highest BCUT2D eigenvalue weighted by Crippen LogP contribution is 2.24. The van der Waals surface area contributed by atoms with Crippen LogP contribution in [0.15, 0.2) is 22.5 Å². The molecule has 3 heterocycles. The van der Waals surface area contributed by atoms with Crippen LogP contribution >= 0.6 is 11.3 Å². The van der Waals surface area contributed by atoms with Crippen LogP contribution in [0.25, 0.3) is 0 Å². The van der Waals surface area contributed by atoms with Crippen molar-refractivity contribution >= 4 is 32.3 Å². The van der Waals surface area contributed by atoms with E-state index in [0.29, 0.717) is 25.7 Å². The van der Waals surface area contributed by atoms with Crippen molar-refractivity contribution in [1.29, 1.82) is 0 Å². The lowest BCUT2D eigenvalue weighted by Crippen LogP contribution is -2.48. The van der Waals surface area contributed by atoms with E-state index in [9.17, 15) is 8.42 Å². The molecule has 0 radical (unpaired) electrons. The van der Waals surface area contributed by atoms with E-state index < -0.39 is 10.0 Å². The van der Waals surface area contributed by atoms with E-state index in [0.717, 1.165) is 44.9 Å². The zero-order chi connectivity index (χ0) is 18.4. The summed E-state index contributed by atoms with van der Waals surface area (Å²) in [6, 6.07) is 4.68. The number of rotatable bonds is 6. The molecule has 26 heavy (non-hydrogen) atoms. The van der Waals surface area contributed by atoms with Crippen molar-refractivity contribution in [3.8, 4) is 0 Å². The molecule has 0 atom stereocenters. The average Bonchev–Trinajstić information content (AvgIpc) is 3.26. The van der Waals surface area contributed by atoms with E-state index in [4.69, 9.17) is 0 Å². The van der Waals surface area contributed by atoms with Gasteiger partial charge in [-0.15, -0.1) is 11.3 Å². The largest absolute Gasteiger partial charge is 0.363 e. The van der Waals surface area contributed by atoms with Crippen molar-refractivity contribution in [2.24, 2.45) is 4.99 Å². The second-order valence-electron chi connectivity index (χ2n) is 6.69. The zero-order valence-electron chi connectivity index (χ0n) is 15.4. The minimum absolute atomic E-state index is 0.276. The van der Waals surface area contributed by atoms with E-state index in [1.165, 1.54) is 5.00 Å². The Morgan fingerprint density at radius 3 is 2.77 bits per heavy atom. The minimum Gasteiger partial charge on any atom is -0.363 e. The molecule has 0 aliphatic carbocycles. The lowest BCUT2D eigenvalue weighted by atomic mass is 10.1. The van der Waals surface area contributed by atoms with Crippen molar-refractivity contribution in [3.05, 3.63) is 17.5 Å². The van der Waals surface area contributed by atoms with Crippen molar-refractivity contribution in [1.82, 2.24) is 14.9 Å². The Labute approximate surface area is 160 Å². The molecule has 0 bridgehead atoms. The van der Waals surface area contributed by atoms with Gasteiger partial charge in [-0.1, -0.05) is 0 Å². The molecule has 3 rings (SSSR count). The van der Waals surface area contributed by atoms with E-state index in [-0.39, 0.29) is 5.75 Å². The Balaban J connectivity index is 1.47. The Morgan fingerprint density at radius 2 is 2.15 bits per heavy atom. The van der Waals surface area contributed by atoms with Crippen LogP contribution in [0.1, 0.15) is 26.2 Å². The fourth-order valence-corrected chi connectivity index (χ4v) is 5.73.